The molecule has 1 amide bonds. The van der Waals surface area contributed by atoms with Crippen LogP contribution in [0.4, 0.5) is 4.39 Å². The van der Waals surface area contributed by atoms with Gasteiger partial charge in [0.2, 0.25) is 0 Å². The topological polar surface area (TPSA) is 66.3 Å². The molecule has 0 fully saturated rings. The van der Waals surface area contributed by atoms with Crippen molar-refractivity contribution in [3.05, 3.63) is 78.1 Å². The van der Waals surface area contributed by atoms with Crippen molar-refractivity contribution in [2.24, 2.45) is 0 Å². The molecule has 1 N–H and O–H groups in total. The van der Waals surface area contributed by atoms with Crippen molar-refractivity contribution in [3.8, 4) is 11.3 Å². The first-order chi connectivity index (χ1) is 12.6. The lowest BCUT2D eigenvalue weighted by Gasteiger charge is -2.17. The standard InChI is InChI=1S/C19H16FN5O/c1-24(19(26)14-4-7-17-21-8-9-25(17)12-14)11-15-10-22-23-18(15)13-2-5-16(20)6-3-13/h2-10,12H,11H2,1H3,(H,22,23). The molecule has 0 saturated carbocycles. The lowest BCUT2D eigenvalue weighted by atomic mass is 10.1. The zero-order chi connectivity index (χ0) is 18.1. The van der Waals surface area contributed by atoms with Crippen LogP contribution in [0.15, 0.2) is 61.2 Å². The maximum atomic E-state index is 13.1. The second-order valence-electron chi connectivity index (χ2n) is 6.05. The molecule has 4 rings (SSSR count). The number of rotatable bonds is 4. The third kappa shape index (κ3) is 2.95. The zero-order valence-corrected chi connectivity index (χ0v) is 14.1. The van der Waals surface area contributed by atoms with E-state index in [1.165, 1.54) is 12.1 Å². The number of benzene rings is 1. The minimum atomic E-state index is -0.294. The van der Waals surface area contributed by atoms with Gasteiger partial charge in [-0.25, -0.2) is 9.37 Å². The van der Waals surface area contributed by atoms with Crippen LogP contribution in [-0.4, -0.2) is 37.4 Å². The van der Waals surface area contributed by atoms with E-state index < -0.39 is 0 Å². The van der Waals surface area contributed by atoms with Gasteiger partial charge in [0.05, 0.1) is 17.5 Å². The number of hydrogen-bond acceptors (Lipinski definition) is 3. The Bertz CT molecular complexity index is 1070. The van der Waals surface area contributed by atoms with Crippen LogP contribution in [0.3, 0.4) is 0 Å². The Kier molecular flexibility index (Phi) is 3.96. The molecule has 0 bridgehead atoms. The van der Waals surface area contributed by atoms with Crippen LogP contribution < -0.4 is 0 Å². The fourth-order valence-electron chi connectivity index (χ4n) is 2.89. The highest BCUT2D eigenvalue weighted by molar-refractivity contribution is 5.94. The highest BCUT2D eigenvalue weighted by Gasteiger charge is 2.16. The van der Waals surface area contributed by atoms with Gasteiger partial charge >= 0.3 is 0 Å². The Hall–Kier alpha value is -3.48. The maximum Gasteiger partial charge on any atom is 0.255 e. The first kappa shape index (κ1) is 16.0. The van der Waals surface area contributed by atoms with Gasteiger partial charge in [-0.15, -0.1) is 0 Å². The van der Waals surface area contributed by atoms with Gasteiger partial charge in [0.1, 0.15) is 11.5 Å². The molecular weight excluding hydrogens is 333 g/mol. The summed E-state index contributed by atoms with van der Waals surface area (Å²) in [5.41, 5.74) is 3.81. The second-order valence-corrected chi connectivity index (χ2v) is 6.05. The summed E-state index contributed by atoms with van der Waals surface area (Å²) in [6, 6.07) is 9.73. The van der Waals surface area contributed by atoms with E-state index in [9.17, 15) is 9.18 Å². The molecular formula is C19H16FN5O. The summed E-state index contributed by atoms with van der Waals surface area (Å²) in [5.74, 6) is -0.399. The number of aromatic amines is 1. The zero-order valence-electron chi connectivity index (χ0n) is 14.1. The molecule has 4 aromatic rings. The van der Waals surface area contributed by atoms with Gasteiger partial charge in [0, 0.05) is 43.3 Å². The number of imidazole rings is 1. The Labute approximate surface area is 148 Å². The van der Waals surface area contributed by atoms with E-state index >= 15 is 0 Å². The van der Waals surface area contributed by atoms with Gasteiger partial charge in [0.25, 0.3) is 5.91 Å². The molecule has 3 aromatic heterocycles. The van der Waals surface area contributed by atoms with Crippen LogP contribution in [0.2, 0.25) is 0 Å². The number of fused-ring (bicyclic) bond motifs is 1. The number of aromatic nitrogens is 4. The summed E-state index contributed by atoms with van der Waals surface area (Å²) in [4.78, 5) is 18.5. The number of nitrogens with zero attached hydrogens (tertiary/aromatic N) is 4. The largest absolute Gasteiger partial charge is 0.337 e. The first-order valence-corrected chi connectivity index (χ1v) is 8.08. The van der Waals surface area contributed by atoms with E-state index in [0.717, 1.165) is 22.5 Å². The highest BCUT2D eigenvalue weighted by Crippen LogP contribution is 2.22. The van der Waals surface area contributed by atoms with Crippen molar-refractivity contribution in [1.82, 2.24) is 24.5 Å². The Morgan fingerprint density at radius 1 is 1.23 bits per heavy atom. The number of amides is 1. The van der Waals surface area contributed by atoms with E-state index in [1.54, 1.807) is 54.9 Å². The number of hydrogen-bond donors (Lipinski definition) is 1. The third-order valence-corrected chi connectivity index (χ3v) is 4.24. The number of nitrogens with one attached hydrogen (secondary N) is 1. The minimum Gasteiger partial charge on any atom is -0.337 e. The van der Waals surface area contributed by atoms with Crippen molar-refractivity contribution in [2.75, 3.05) is 7.05 Å². The molecule has 0 radical (unpaired) electrons. The summed E-state index contributed by atoms with van der Waals surface area (Å²) in [7, 11) is 1.74. The molecule has 3 heterocycles. The van der Waals surface area contributed by atoms with E-state index in [2.05, 4.69) is 15.2 Å². The van der Waals surface area contributed by atoms with E-state index in [0.29, 0.717) is 12.1 Å². The number of carbonyl (C=O) groups is 1. The van der Waals surface area contributed by atoms with E-state index in [1.807, 2.05) is 10.5 Å². The summed E-state index contributed by atoms with van der Waals surface area (Å²) in [5, 5.41) is 6.99. The predicted molar refractivity (Wildman–Crippen MR) is 95.0 cm³/mol. The Balaban J connectivity index is 1.56. The molecule has 0 aliphatic rings. The molecule has 0 aliphatic carbocycles. The van der Waals surface area contributed by atoms with Gasteiger partial charge in [-0.1, -0.05) is 0 Å². The molecule has 7 heteroatoms. The Morgan fingerprint density at radius 3 is 2.85 bits per heavy atom. The molecule has 130 valence electrons. The number of carbonyl (C=O) groups excluding carboxylic acids is 1. The summed E-state index contributed by atoms with van der Waals surface area (Å²) < 4.78 is 14.9. The van der Waals surface area contributed by atoms with Gasteiger partial charge in [0.15, 0.2) is 0 Å². The maximum absolute atomic E-state index is 13.1. The molecule has 0 saturated heterocycles. The van der Waals surface area contributed by atoms with Crippen molar-refractivity contribution >= 4 is 11.6 Å². The number of pyridine rings is 1. The van der Waals surface area contributed by atoms with Crippen LogP contribution >= 0.6 is 0 Å². The Morgan fingerprint density at radius 2 is 2.04 bits per heavy atom. The molecule has 0 unspecified atom stereocenters. The van der Waals surface area contributed by atoms with Crippen LogP contribution in [0, 0.1) is 5.82 Å². The summed E-state index contributed by atoms with van der Waals surface area (Å²) in [6.45, 7) is 0.379. The second kappa shape index (κ2) is 6.44. The lowest BCUT2D eigenvalue weighted by Crippen LogP contribution is -2.26. The molecule has 6 nitrogen and oxygen atoms in total. The van der Waals surface area contributed by atoms with Crippen LogP contribution in [-0.2, 0) is 6.54 Å². The fraction of sp³-hybridized carbons (Fsp3) is 0.105. The van der Waals surface area contributed by atoms with Gasteiger partial charge < -0.3 is 9.30 Å². The first-order valence-electron chi connectivity index (χ1n) is 8.08. The van der Waals surface area contributed by atoms with Crippen LogP contribution in [0.1, 0.15) is 15.9 Å². The normalized spacial score (nSPS) is 11.0. The number of H-pyrrole nitrogens is 1. The van der Waals surface area contributed by atoms with Gasteiger partial charge in [-0.05, 0) is 36.4 Å². The molecule has 1 aromatic carbocycles. The molecule has 0 aliphatic heterocycles. The predicted octanol–water partition coefficient (Wildman–Crippen LogP) is 3.14. The van der Waals surface area contributed by atoms with Crippen molar-refractivity contribution in [3.63, 3.8) is 0 Å². The van der Waals surface area contributed by atoms with Gasteiger partial charge in [-0.3, -0.25) is 9.89 Å². The molecule has 0 atom stereocenters. The van der Waals surface area contributed by atoms with Crippen molar-refractivity contribution < 1.29 is 9.18 Å². The van der Waals surface area contributed by atoms with E-state index in [-0.39, 0.29) is 11.7 Å². The summed E-state index contributed by atoms with van der Waals surface area (Å²) >= 11 is 0. The molecule has 26 heavy (non-hydrogen) atoms. The van der Waals surface area contributed by atoms with Crippen LogP contribution in [0.25, 0.3) is 16.9 Å². The quantitative estimate of drug-likeness (QED) is 0.615. The smallest absolute Gasteiger partial charge is 0.255 e. The number of halogens is 1. The average Bonchev–Trinajstić information content (AvgIpc) is 3.30. The monoisotopic (exact) mass is 349 g/mol. The highest BCUT2D eigenvalue weighted by atomic mass is 19.1. The van der Waals surface area contributed by atoms with Gasteiger partial charge in [-0.2, -0.15) is 5.10 Å². The fourth-order valence-corrected chi connectivity index (χ4v) is 2.89. The van der Waals surface area contributed by atoms with Crippen molar-refractivity contribution in [2.45, 2.75) is 6.54 Å². The summed E-state index contributed by atoms with van der Waals surface area (Å²) in [6.07, 6.45) is 6.93. The molecule has 0 spiro atoms. The lowest BCUT2D eigenvalue weighted by molar-refractivity contribution is 0.0785. The van der Waals surface area contributed by atoms with Crippen LogP contribution in [0.5, 0.6) is 0 Å². The van der Waals surface area contributed by atoms with Crippen molar-refractivity contribution in [1.29, 1.82) is 0 Å². The van der Waals surface area contributed by atoms with E-state index in [4.69, 9.17) is 0 Å². The average molecular weight is 349 g/mol. The SMILES string of the molecule is CN(Cc1cn[nH]c1-c1ccc(F)cc1)C(=O)c1ccc2nccn2c1. The third-order valence-electron chi connectivity index (χ3n) is 4.24. The minimum absolute atomic E-state index is 0.105.